The van der Waals surface area contributed by atoms with Gasteiger partial charge >= 0.3 is 0 Å². The van der Waals surface area contributed by atoms with Gasteiger partial charge in [0.2, 0.25) is 0 Å². The number of phenols is 1. The fourth-order valence-electron chi connectivity index (χ4n) is 3.82. The van der Waals surface area contributed by atoms with Crippen molar-refractivity contribution < 1.29 is 14.6 Å². The number of nitrogens with zero attached hydrogens (tertiary/aromatic N) is 2. The molecular weight excluding hydrogens is 316 g/mol. The first-order valence-corrected chi connectivity index (χ1v) is 9.05. The molecule has 0 saturated carbocycles. The highest BCUT2D eigenvalue weighted by Crippen LogP contribution is 2.28. The third kappa shape index (κ3) is 3.34. The van der Waals surface area contributed by atoms with Crippen LogP contribution in [0.2, 0.25) is 0 Å². The van der Waals surface area contributed by atoms with Gasteiger partial charge in [-0.25, -0.2) is 0 Å². The lowest BCUT2D eigenvalue weighted by Crippen LogP contribution is -2.51. The molecule has 0 bridgehead atoms. The van der Waals surface area contributed by atoms with Crippen molar-refractivity contribution in [2.45, 2.75) is 25.5 Å². The smallest absolute Gasteiger partial charge is 0.251 e. The van der Waals surface area contributed by atoms with Crippen molar-refractivity contribution in [1.82, 2.24) is 9.80 Å². The molecule has 0 aromatic heterocycles. The van der Waals surface area contributed by atoms with E-state index in [1.54, 1.807) is 6.07 Å². The Balaban J connectivity index is 1.42. The minimum atomic E-state index is -0.228. The zero-order chi connectivity index (χ0) is 17.2. The van der Waals surface area contributed by atoms with Crippen LogP contribution in [-0.2, 0) is 16.1 Å². The molecular formula is C20H24N2O3. The van der Waals surface area contributed by atoms with E-state index < -0.39 is 0 Å². The summed E-state index contributed by atoms with van der Waals surface area (Å²) in [5.41, 5.74) is 0.969. The van der Waals surface area contributed by atoms with Crippen molar-refractivity contribution in [3.63, 3.8) is 0 Å². The van der Waals surface area contributed by atoms with Crippen molar-refractivity contribution in [3.05, 3.63) is 42.0 Å². The van der Waals surface area contributed by atoms with Crippen molar-refractivity contribution in [2.24, 2.45) is 0 Å². The fraction of sp³-hybridized carbons (Fsp3) is 0.450. The lowest BCUT2D eigenvalue weighted by atomic mass is 10.0. The first kappa shape index (κ1) is 16.4. The van der Waals surface area contributed by atoms with Gasteiger partial charge in [0.05, 0.1) is 0 Å². The van der Waals surface area contributed by atoms with Crippen molar-refractivity contribution in [2.75, 3.05) is 32.8 Å². The Hall–Kier alpha value is -2.11. The Morgan fingerprint density at radius 1 is 1.12 bits per heavy atom. The molecule has 4 rings (SSSR count). The maximum atomic E-state index is 12.4. The summed E-state index contributed by atoms with van der Waals surface area (Å²) in [5, 5.41) is 12.6. The number of hydrogen-bond acceptors (Lipinski definition) is 4. The van der Waals surface area contributed by atoms with E-state index in [9.17, 15) is 9.90 Å². The molecule has 132 valence electrons. The number of phenolic OH excluding ortho intramolecular Hbond substituents is 1. The molecule has 2 aromatic rings. The van der Waals surface area contributed by atoms with Crippen LogP contribution < -0.4 is 0 Å². The molecule has 2 saturated heterocycles. The molecule has 5 nitrogen and oxygen atoms in total. The second kappa shape index (κ2) is 7.02. The maximum absolute atomic E-state index is 12.4. The van der Waals surface area contributed by atoms with Gasteiger partial charge in [-0.3, -0.25) is 9.69 Å². The number of rotatable bonds is 3. The molecule has 1 N–H and O–H groups in total. The average Bonchev–Trinajstić information content (AvgIpc) is 3.19. The van der Waals surface area contributed by atoms with Crippen LogP contribution >= 0.6 is 0 Å². The second-order valence-corrected chi connectivity index (χ2v) is 6.89. The minimum absolute atomic E-state index is 0.144. The topological polar surface area (TPSA) is 53.0 Å². The van der Waals surface area contributed by atoms with Crippen LogP contribution in [0.4, 0.5) is 0 Å². The van der Waals surface area contributed by atoms with Crippen LogP contribution in [0.25, 0.3) is 10.8 Å². The molecule has 2 aromatic carbocycles. The Bertz CT molecular complexity index is 763. The standard InChI is InChI=1S/C20H24N2O3/c23-18-8-7-15-4-1-2-5-16(15)17(18)14-21-9-11-22(12-10-21)20(24)19-6-3-13-25-19/h1-2,4-5,7-8,19,23H,3,6,9-14H2/t19-/m0/s1. The van der Waals surface area contributed by atoms with Crippen LogP contribution in [0.1, 0.15) is 18.4 Å². The third-order valence-electron chi connectivity index (χ3n) is 5.29. The summed E-state index contributed by atoms with van der Waals surface area (Å²) in [6, 6.07) is 11.9. The molecule has 1 amide bonds. The van der Waals surface area contributed by atoms with Gasteiger partial charge in [0.15, 0.2) is 0 Å². The van der Waals surface area contributed by atoms with Gasteiger partial charge in [-0.15, -0.1) is 0 Å². The Labute approximate surface area is 147 Å². The normalized spacial score (nSPS) is 21.8. The van der Waals surface area contributed by atoms with E-state index in [-0.39, 0.29) is 12.0 Å². The molecule has 5 heteroatoms. The lowest BCUT2D eigenvalue weighted by Gasteiger charge is -2.36. The SMILES string of the molecule is O=C([C@@H]1CCCO1)N1CCN(Cc2c(O)ccc3ccccc23)CC1. The fourth-order valence-corrected chi connectivity index (χ4v) is 3.82. The quantitative estimate of drug-likeness (QED) is 0.932. The van der Waals surface area contributed by atoms with Crippen molar-refractivity contribution in [1.29, 1.82) is 0 Å². The molecule has 0 radical (unpaired) electrons. The summed E-state index contributed by atoms with van der Waals surface area (Å²) < 4.78 is 5.52. The number of carbonyl (C=O) groups excluding carboxylic acids is 1. The molecule has 2 heterocycles. The first-order chi connectivity index (χ1) is 12.2. The van der Waals surface area contributed by atoms with Gasteiger partial charge < -0.3 is 14.7 Å². The van der Waals surface area contributed by atoms with Gasteiger partial charge in [-0.05, 0) is 29.7 Å². The summed E-state index contributed by atoms with van der Waals surface area (Å²) in [4.78, 5) is 16.7. The number of piperazine rings is 1. The molecule has 0 spiro atoms. The second-order valence-electron chi connectivity index (χ2n) is 6.89. The van der Waals surface area contributed by atoms with Crippen molar-refractivity contribution >= 4 is 16.7 Å². The largest absolute Gasteiger partial charge is 0.508 e. The molecule has 2 aliphatic heterocycles. The summed E-state index contributed by atoms with van der Waals surface area (Å²) in [6.07, 6.45) is 1.60. The van der Waals surface area contributed by atoms with E-state index in [0.717, 1.165) is 55.4 Å². The maximum Gasteiger partial charge on any atom is 0.251 e. The Morgan fingerprint density at radius 3 is 2.68 bits per heavy atom. The van der Waals surface area contributed by atoms with E-state index >= 15 is 0 Å². The van der Waals surface area contributed by atoms with Crippen LogP contribution in [0.5, 0.6) is 5.75 Å². The number of ether oxygens (including phenoxy) is 1. The van der Waals surface area contributed by atoms with E-state index in [1.165, 1.54) is 0 Å². The third-order valence-corrected chi connectivity index (χ3v) is 5.29. The monoisotopic (exact) mass is 340 g/mol. The zero-order valence-corrected chi connectivity index (χ0v) is 14.4. The molecule has 2 fully saturated rings. The minimum Gasteiger partial charge on any atom is -0.508 e. The molecule has 2 aliphatic rings. The van der Waals surface area contributed by atoms with Gasteiger partial charge in [0.1, 0.15) is 11.9 Å². The Kier molecular flexibility index (Phi) is 4.59. The molecule has 0 aliphatic carbocycles. The molecule has 1 atom stereocenters. The lowest BCUT2D eigenvalue weighted by molar-refractivity contribution is -0.142. The number of carbonyl (C=O) groups is 1. The zero-order valence-electron chi connectivity index (χ0n) is 14.4. The highest BCUT2D eigenvalue weighted by atomic mass is 16.5. The number of aromatic hydroxyl groups is 1. The van der Waals surface area contributed by atoms with Gasteiger partial charge in [0.25, 0.3) is 5.91 Å². The number of amides is 1. The number of benzene rings is 2. The predicted octanol–water partition coefficient (Wildman–Crippen LogP) is 2.37. The summed E-state index contributed by atoms with van der Waals surface area (Å²) in [6.45, 7) is 4.50. The van der Waals surface area contributed by atoms with E-state index in [1.807, 2.05) is 23.1 Å². The van der Waals surface area contributed by atoms with Crippen LogP contribution in [-0.4, -0.2) is 59.7 Å². The van der Waals surface area contributed by atoms with E-state index in [0.29, 0.717) is 18.9 Å². The summed E-state index contributed by atoms with van der Waals surface area (Å²) >= 11 is 0. The van der Waals surface area contributed by atoms with Gasteiger partial charge in [-0.2, -0.15) is 0 Å². The first-order valence-electron chi connectivity index (χ1n) is 9.05. The van der Waals surface area contributed by atoms with Crippen LogP contribution in [0.3, 0.4) is 0 Å². The van der Waals surface area contributed by atoms with E-state index in [2.05, 4.69) is 17.0 Å². The van der Waals surface area contributed by atoms with Crippen LogP contribution in [0, 0.1) is 0 Å². The van der Waals surface area contributed by atoms with Gasteiger partial charge in [0, 0.05) is 44.9 Å². The summed E-state index contributed by atoms with van der Waals surface area (Å²) in [7, 11) is 0. The van der Waals surface area contributed by atoms with Crippen LogP contribution in [0.15, 0.2) is 36.4 Å². The number of hydrogen-bond donors (Lipinski definition) is 1. The molecule has 25 heavy (non-hydrogen) atoms. The Morgan fingerprint density at radius 2 is 1.92 bits per heavy atom. The molecule has 0 unspecified atom stereocenters. The summed E-state index contributed by atoms with van der Waals surface area (Å²) in [5.74, 6) is 0.488. The average molecular weight is 340 g/mol. The van der Waals surface area contributed by atoms with Crippen molar-refractivity contribution in [3.8, 4) is 5.75 Å². The highest BCUT2D eigenvalue weighted by molar-refractivity contribution is 5.87. The number of fused-ring (bicyclic) bond motifs is 1. The van der Waals surface area contributed by atoms with Gasteiger partial charge in [-0.1, -0.05) is 30.3 Å². The van der Waals surface area contributed by atoms with E-state index in [4.69, 9.17) is 4.74 Å². The highest BCUT2D eigenvalue weighted by Gasteiger charge is 2.30. The predicted molar refractivity (Wildman–Crippen MR) is 96.4 cm³/mol.